The first kappa shape index (κ1) is 26.8. The fourth-order valence-corrected chi connectivity index (χ4v) is 5.90. The number of fused-ring (bicyclic) bond motifs is 3. The molecule has 0 saturated heterocycles. The highest BCUT2D eigenvalue weighted by atomic mass is 79.9. The normalized spacial score (nSPS) is 13.4. The van der Waals surface area contributed by atoms with E-state index in [-0.39, 0.29) is 30.4 Å². The van der Waals surface area contributed by atoms with Crippen LogP contribution < -0.4 is 10.0 Å². The molecule has 0 fully saturated rings. The van der Waals surface area contributed by atoms with Crippen LogP contribution in [-0.4, -0.2) is 44.8 Å². The highest BCUT2D eigenvalue weighted by Gasteiger charge is 2.29. The van der Waals surface area contributed by atoms with Gasteiger partial charge in [-0.3, -0.25) is 4.79 Å². The number of carbonyl (C=O) groups excluding carboxylic acids is 1. The summed E-state index contributed by atoms with van der Waals surface area (Å²) in [7, 11) is -3.98. The molecule has 194 valence electrons. The number of aliphatic carboxylic acids is 1. The number of alkyl carbamates (subject to hydrolysis) is 1. The van der Waals surface area contributed by atoms with E-state index in [9.17, 15) is 23.1 Å². The Kier molecular flexibility index (Phi) is 8.63. The molecule has 10 heteroatoms. The third kappa shape index (κ3) is 6.57. The van der Waals surface area contributed by atoms with Gasteiger partial charge in [0.05, 0.1) is 4.90 Å². The molecule has 3 N–H and O–H groups in total. The molecule has 0 bridgehead atoms. The molecule has 1 amide bonds. The number of carbonyl (C=O) groups is 2. The van der Waals surface area contributed by atoms with Crippen molar-refractivity contribution in [3.8, 4) is 11.1 Å². The molecule has 0 radical (unpaired) electrons. The number of hydrogen-bond acceptors (Lipinski definition) is 5. The quantitative estimate of drug-likeness (QED) is 0.275. The molecule has 4 rings (SSSR count). The van der Waals surface area contributed by atoms with E-state index in [4.69, 9.17) is 4.74 Å². The van der Waals surface area contributed by atoms with Crippen LogP contribution in [0.25, 0.3) is 11.1 Å². The number of nitrogens with one attached hydrogen (secondary N) is 2. The highest BCUT2D eigenvalue weighted by Crippen LogP contribution is 2.44. The summed E-state index contributed by atoms with van der Waals surface area (Å²) in [5.41, 5.74) is 4.55. The standard InChI is InChI=1S/C27H27BrN2O6S/c28-18-12-14-19(15-13-18)37(34,35)30-25(26(31)32)11-5-6-16-29-27(33)36-17-24-22-9-3-1-7-20(22)21-8-2-4-10-23(21)24/h1-4,7-10,12-15,24-25,30H,5-6,11,16-17H2,(H,29,33)(H,31,32)/t25-/m0/s1. The van der Waals surface area contributed by atoms with Gasteiger partial charge < -0.3 is 15.2 Å². The number of halogens is 1. The van der Waals surface area contributed by atoms with E-state index in [1.54, 1.807) is 12.1 Å². The molecule has 0 spiro atoms. The van der Waals surface area contributed by atoms with Crippen LogP contribution >= 0.6 is 15.9 Å². The van der Waals surface area contributed by atoms with Crippen molar-refractivity contribution in [1.82, 2.24) is 10.0 Å². The number of ether oxygens (including phenoxy) is 1. The van der Waals surface area contributed by atoms with E-state index in [0.29, 0.717) is 17.3 Å². The second kappa shape index (κ2) is 11.9. The first-order valence-electron chi connectivity index (χ1n) is 11.9. The predicted molar refractivity (Wildman–Crippen MR) is 143 cm³/mol. The predicted octanol–water partition coefficient (Wildman–Crippen LogP) is 4.89. The molecule has 1 atom stereocenters. The van der Waals surface area contributed by atoms with Crippen LogP contribution in [0.3, 0.4) is 0 Å². The fourth-order valence-electron chi connectivity index (χ4n) is 4.42. The average Bonchev–Trinajstić information content (AvgIpc) is 3.20. The molecule has 0 unspecified atom stereocenters. The van der Waals surface area contributed by atoms with E-state index >= 15 is 0 Å². The van der Waals surface area contributed by atoms with Gasteiger partial charge in [0.2, 0.25) is 10.0 Å². The molecule has 1 aliphatic rings. The topological polar surface area (TPSA) is 122 Å². The van der Waals surface area contributed by atoms with Gasteiger partial charge in [-0.15, -0.1) is 0 Å². The largest absolute Gasteiger partial charge is 0.480 e. The van der Waals surface area contributed by atoms with Crippen molar-refractivity contribution < 1.29 is 27.9 Å². The summed E-state index contributed by atoms with van der Waals surface area (Å²) < 4.78 is 33.5. The van der Waals surface area contributed by atoms with Crippen LogP contribution in [0.2, 0.25) is 0 Å². The maximum atomic E-state index is 12.5. The fraction of sp³-hybridized carbons (Fsp3) is 0.259. The lowest BCUT2D eigenvalue weighted by Crippen LogP contribution is -2.40. The maximum Gasteiger partial charge on any atom is 0.407 e. The third-order valence-electron chi connectivity index (χ3n) is 6.25. The van der Waals surface area contributed by atoms with Crippen molar-refractivity contribution in [1.29, 1.82) is 0 Å². The Labute approximate surface area is 224 Å². The lowest BCUT2D eigenvalue weighted by atomic mass is 9.98. The number of unbranched alkanes of at least 4 members (excludes halogenated alkanes) is 1. The zero-order chi connectivity index (χ0) is 26.4. The molecular weight excluding hydrogens is 560 g/mol. The molecule has 37 heavy (non-hydrogen) atoms. The Hall–Kier alpha value is -3.21. The van der Waals surface area contributed by atoms with Crippen molar-refractivity contribution in [2.75, 3.05) is 13.2 Å². The van der Waals surface area contributed by atoms with Crippen LogP contribution in [0.1, 0.15) is 36.3 Å². The molecule has 8 nitrogen and oxygen atoms in total. The van der Waals surface area contributed by atoms with Crippen molar-refractivity contribution in [2.24, 2.45) is 0 Å². The van der Waals surface area contributed by atoms with Gasteiger partial charge in [-0.25, -0.2) is 13.2 Å². The van der Waals surface area contributed by atoms with Gasteiger partial charge in [0.25, 0.3) is 0 Å². The molecule has 3 aromatic carbocycles. The van der Waals surface area contributed by atoms with Gasteiger partial charge in [0.1, 0.15) is 12.6 Å². The molecule has 0 aliphatic heterocycles. The van der Waals surface area contributed by atoms with Crippen LogP contribution in [0.15, 0.2) is 82.2 Å². The Bertz CT molecular complexity index is 1330. The van der Waals surface area contributed by atoms with Gasteiger partial charge in [0, 0.05) is 16.9 Å². The summed E-state index contributed by atoms with van der Waals surface area (Å²) in [5.74, 6) is -1.29. The first-order chi connectivity index (χ1) is 17.8. The molecule has 3 aromatic rings. The van der Waals surface area contributed by atoms with Crippen molar-refractivity contribution in [3.05, 3.63) is 88.4 Å². The second-order valence-corrected chi connectivity index (χ2v) is 11.3. The van der Waals surface area contributed by atoms with E-state index < -0.39 is 28.1 Å². The van der Waals surface area contributed by atoms with E-state index in [2.05, 4.69) is 38.1 Å². The van der Waals surface area contributed by atoms with E-state index in [1.165, 1.54) is 12.1 Å². The SMILES string of the molecule is O=C(NCCCC[C@H](NS(=O)(=O)c1ccc(Br)cc1)C(=O)O)OCC1c2ccccc2-c2ccccc21. The zero-order valence-electron chi connectivity index (χ0n) is 19.9. The van der Waals surface area contributed by atoms with Crippen molar-refractivity contribution in [2.45, 2.75) is 36.1 Å². The molecule has 1 aliphatic carbocycles. The van der Waals surface area contributed by atoms with Crippen LogP contribution in [-0.2, 0) is 19.6 Å². The van der Waals surface area contributed by atoms with Crippen molar-refractivity contribution >= 4 is 38.0 Å². The molecule has 0 heterocycles. The smallest absolute Gasteiger partial charge is 0.407 e. The second-order valence-electron chi connectivity index (χ2n) is 8.71. The Morgan fingerprint density at radius 2 is 1.51 bits per heavy atom. The lowest BCUT2D eigenvalue weighted by molar-refractivity contribution is -0.139. The summed E-state index contributed by atoms with van der Waals surface area (Å²) in [4.78, 5) is 23.9. The van der Waals surface area contributed by atoms with Crippen LogP contribution in [0, 0.1) is 0 Å². The van der Waals surface area contributed by atoms with Gasteiger partial charge in [-0.05, 0) is 65.8 Å². The van der Waals surface area contributed by atoms with Crippen LogP contribution in [0.4, 0.5) is 4.79 Å². The monoisotopic (exact) mass is 586 g/mol. The number of carboxylic acids is 1. The van der Waals surface area contributed by atoms with Gasteiger partial charge in [0.15, 0.2) is 0 Å². The summed E-state index contributed by atoms with van der Waals surface area (Å²) in [5, 5.41) is 12.1. The average molecular weight is 587 g/mol. The van der Waals surface area contributed by atoms with Gasteiger partial charge >= 0.3 is 12.1 Å². The number of hydrogen-bond donors (Lipinski definition) is 3. The minimum Gasteiger partial charge on any atom is -0.480 e. The Morgan fingerprint density at radius 3 is 2.11 bits per heavy atom. The number of carboxylic acid groups (broad SMARTS) is 1. The maximum absolute atomic E-state index is 12.5. The minimum absolute atomic E-state index is 0.0149. The Balaban J connectivity index is 1.22. The van der Waals surface area contributed by atoms with Gasteiger partial charge in [-0.2, -0.15) is 4.72 Å². The number of amides is 1. The molecule has 0 saturated carbocycles. The summed E-state index contributed by atoms with van der Waals surface area (Å²) in [6, 6.07) is 20.8. The summed E-state index contributed by atoms with van der Waals surface area (Å²) in [6.07, 6.45) is 0.391. The number of sulfonamides is 1. The number of rotatable bonds is 11. The number of benzene rings is 3. The van der Waals surface area contributed by atoms with E-state index in [0.717, 1.165) is 22.3 Å². The summed E-state index contributed by atoms with van der Waals surface area (Å²) >= 11 is 3.24. The van der Waals surface area contributed by atoms with Crippen molar-refractivity contribution in [3.63, 3.8) is 0 Å². The highest BCUT2D eigenvalue weighted by molar-refractivity contribution is 9.10. The molecule has 0 aromatic heterocycles. The third-order valence-corrected chi connectivity index (χ3v) is 8.27. The Morgan fingerprint density at radius 1 is 0.919 bits per heavy atom. The van der Waals surface area contributed by atoms with Gasteiger partial charge in [-0.1, -0.05) is 64.5 Å². The first-order valence-corrected chi connectivity index (χ1v) is 14.1. The zero-order valence-corrected chi connectivity index (χ0v) is 22.3. The molecular formula is C27H27BrN2O6S. The summed E-state index contributed by atoms with van der Waals surface area (Å²) in [6.45, 7) is 0.487. The lowest BCUT2D eigenvalue weighted by Gasteiger charge is -2.16. The van der Waals surface area contributed by atoms with Crippen LogP contribution in [0.5, 0.6) is 0 Å². The minimum atomic E-state index is -3.98. The van der Waals surface area contributed by atoms with E-state index in [1.807, 2.05) is 36.4 Å².